The van der Waals surface area contributed by atoms with Crippen molar-refractivity contribution in [2.45, 2.75) is 46.5 Å². The molecule has 2 heterocycles. The summed E-state index contributed by atoms with van der Waals surface area (Å²) in [6.07, 6.45) is 2.45. The van der Waals surface area contributed by atoms with Gasteiger partial charge in [-0.05, 0) is 13.8 Å². The third-order valence-corrected chi connectivity index (χ3v) is 3.39. The number of anilines is 1. The molecule has 2 rings (SSSR count). The van der Waals surface area contributed by atoms with Crippen molar-refractivity contribution in [3.05, 3.63) is 29.6 Å². The SMILES string of the molecule is CCc1ncc(C(C)(C)c2cc(NC(=O)C(C)C)on2)o1. The van der Waals surface area contributed by atoms with E-state index in [9.17, 15) is 4.79 Å². The van der Waals surface area contributed by atoms with Crippen molar-refractivity contribution in [3.63, 3.8) is 0 Å². The highest BCUT2D eigenvalue weighted by Crippen LogP contribution is 2.32. The lowest BCUT2D eigenvalue weighted by atomic mass is 9.87. The largest absolute Gasteiger partial charge is 0.445 e. The second kappa shape index (κ2) is 5.71. The van der Waals surface area contributed by atoms with Crippen LogP contribution in [0.25, 0.3) is 0 Å². The maximum absolute atomic E-state index is 11.7. The van der Waals surface area contributed by atoms with Gasteiger partial charge < -0.3 is 8.94 Å². The molecule has 6 nitrogen and oxygen atoms in total. The Bertz CT molecular complexity index is 626. The molecular formula is C15H21N3O3. The van der Waals surface area contributed by atoms with Gasteiger partial charge in [-0.15, -0.1) is 0 Å². The van der Waals surface area contributed by atoms with Gasteiger partial charge in [0, 0.05) is 18.4 Å². The number of rotatable bonds is 5. The van der Waals surface area contributed by atoms with Crippen molar-refractivity contribution in [2.75, 3.05) is 5.32 Å². The molecule has 0 fully saturated rings. The summed E-state index contributed by atoms with van der Waals surface area (Å²) in [5.41, 5.74) is 0.199. The fourth-order valence-electron chi connectivity index (χ4n) is 1.78. The topological polar surface area (TPSA) is 81.2 Å². The number of aromatic nitrogens is 2. The van der Waals surface area contributed by atoms with Gasteiger partial charge in [0.15, 0.2) is 5.89 Å². The second-order valence-corrected chi connectivity index (χ2v) is 5.82. The van der Waals surface area contributed by atoms with E-state index in [-0.39, 0.29) is 11.8 Å². The molecule has 0 aliphatic rings. The highest BCUT2D eigenvalue weighted by molar-refractivity contribution is 5.90. The van der Waals surface area contributed by atoms with Gasteiger partial charge in [-0.3, -0.25) is 10.1 Å². The molecule has 6 heteroatoms. The van der Waals surface area contributed by atoms with Crippen molar-refractivity contribution in [2.24, 2.45) is 5.92 Å². The first-order chi connectivity index (χ1) is 9.84. The predicted octanol–water partition coefficient (Wildman–Crippen LogP) is 3.15. The molecule has 0 unspecified atom stereocenters. The summed E-state index contributed by atoms with van der Waals surface area (Å²) in [5.74, 6) is 1.52. The van der Waals surface area contributed by atoms with Crippen LogP contribution in [0.4, 0.5) is 5.88 Å². The Morgan fingerprint density at radius 1 is 1.43 bits per heavy atom. The first kappa shape index (κ1) is 15.3. The number of carbonyl (C=O) groups is 1. The molecule has 0 aliphatic heterocycles. The molecule has 0 atom stereocenters. The van der Waals surface area contributed by atoms with Crippen molar-refractivity contribution in [1.82, 2.24) is 10.1 Å². The van der Waals surface area contributed by atoms with Gasteiger partial charge in [0.25, 0.3) is 0 Å². The van der Waals surface area contributed by atoms with Crippen molar-refractivity contribution in [3.8, 4) is 0 Å². The Balaban J connectivity index is 2.21. The molecule has 0 aliphatic carbocycles. The normalized spacial score (nSPS) is 11.9. The highest BCUT2D eigenvalue weighted by atomic mass is 16.5. The molecule has 21 heavy (non-hydrogen) atoms. The van der Waals surface area contributed by atoms with Crippen molar-refractivity contribution < 1.29 is 13.7 Å². The first-order valence-corrected chi connectivity index (χ1v) is 7.07. The average Bonchev–Trinajstić information content (AvgIpc) is 3.07. The molecule has 1 N–H and O–H groups in total. The lowest BCUT2D eigenvalue weighted by molar-refractivity contribution is -0.119. The van der Waals surface area contributed by atoms with Gasteiger partial charge in [0.2, 0.25) is 11.8 Å². The minimum absolute atomic E-state index is 0.108. The standard InChI is InChI=1S/C15H21N3O3/c1-6-12-16-8-11(20-12)15(4,5)10-7-13(21-18-10)17-14(19)9(2)3/h7-9H,6H2,1-5H3,(H,17,19). The Morgan fingerprint density at radius 2 is 2.14 bits per heavy atom. The van der Waals surface area contributed by atoms with E-state index in [4.69, 9.17) is 8.94 Å². The van der Waals surface area contributed by atoms with Gasteiger partial charge in [0.05, 0.1) is 17.3 Å². The van der Waals surface area contributed by atoms with Crippen LogP contribution in [0.5, 0.6) is 0 Å². The van der Waals surface area contributed by atoms with Crippen LogP contribution in [0.3, 0.4) is 0 Å². The number of amides is 1. The number of oxazole rings is 1. The van der Waals surface area contributed by atoms with Crippen LogP contribution < -0.4 is 5.32 Å². The molecule has 114 valence electrons. The van der Waals surface area contributed by atoms with E-state index < -0.39 is 5.41 Å². The van der Waals surface area contributed by atoms with E-state index in [2.05, 4.69) is 15.5 Å². The summed E-state index contributed by atoms with van der Waals surface area (Å²) >= 11 is 0. The first-order valence-electron chi connectivity index (χ1n) is 7.07. The van der Waals surface area contributed by atoms with Crippen LogP contribution in [0.2, 0.25) is 0 Å². The number of aryl methyl sites for hydroxylation is 1. The lowest BCUT2D eigenvalue weighted by Crippen LogP contribution is -2.19. The quantitative estimate of drug-likeness (QED) is 0.915. The molecule has 2 aromatic heterocycles. The van der Waals surface area contributed by atoms with Crippen LogP contribution >= 0.6 is 0 Å². The molecule has 0 spiro atoms. The third kappa shape index (κ3) is 3.15. The smallest absolute Gasteiger partial charge is 0.231 e. The minimum Gasteiger partial charge on any atom is -0.445 e. The second-order valence-electron chi connectivity index (χ2n) is 5.82. The number of carbonyl (C=O) groups excluding carboxylic acids is 1. The minimum atomic E-state index is -0.481. The van der Waals surface area contributed by atoms with E-state index in [1.165, 1.54) is 0 Å². The van der Waals surface area contributed by atoms with Crippen LogP contribution in [0, 0.1) is 5.92 Å². The van der Waals surface area contributed by atoms with Crippen molar-refractivity contribution >= 4 is 11.8 Å². The van der Waals surface area contributed by atoms with Crippen LogP contribution in [-0.4, -0.2) is 16.0 Å². The van der Waals surface area contributed by atoms with Crippen LogP contribution in [0.15, 0.2) is 21.2 Å². The van der Waals surface area contributed by atoms with Crippen LogP contribution in [0.1, 0.15) is 52.0 Å². The summed E-state index contributed by atoms with van der Waals surface area (Å²) in [6, 6.07) is 1.72. The summed E-state index contributed by atoms with van der Waals surface area (Å²) in [5, 5.41) is 6.72. The zero-order valence-corrected chi connectivity index (χ0v) is 13.1. The Morgan fingerprint density at radius 3 is 2.71 bits per heavy atom. The number of hydrogen-bond donors (Lipinski definition) is 1. The average molecular weight is 291 g/mol. The lowest BCUT2D eigenvalue weighted by Gasteiger charge is -2.17. The molecule has 2 aromatic rings. The number of hydrogen-bond acceptors (Lipinski definition) is 5. The molecule has 1 amide bonds. The maximum Gasteiger partial charge on any atom is 0.231 e. The third-order valence-electron chi connectivity index (χ3n) is 3.39. The Kier molecular flexibility index (Phi) is 4.16. The molecule has 0 aromatic carbocycles. The molecule has 0 saturated heterocycles. The van der Waals surface area contributed by atoms with Gasteiger partial charge in [0.1, 0.15) is 5.76 Å². The molecule has 0 saturated carbocycles. The number of nitrogens with zero attached hydrogens (tertiary/aromatic N) is 2. The summed E-state index contributed by atoms with van der Waals surface area (Å²) in [7, 11) is 0. The highest BCUT2D eigenvalue weighted by Gasteiger charge is 2.31. The maximum atomic E-state index is 11.7. The fourth-order valence-corrected chi connectivity index (χ4v) is 1.78. The number of nitrogens with one attached hydrogen (secondary N) is 1. The molecular weight excluding hydrogens is 270 g/mol. The zero-order valence-electron chi connectivity index (χ0n) is 13.1. The Labute approximate surface area is 123 Å². The monoisotopic (exact) mass is 291 g/mol. The fraction of sp³-hybridized carbons (Fsp3) is 0.533. The molecule has 0 radical (unpaired) electrons. The summed E-state index contributed by atoms with van der Waals surface area (Å²) in [6.45, 7) is 9.56. The zero-order chi connectivity index (χ0) is 15.6. The van der Waals surface area contributed by atoms with E-state index in [0.717, 1.165) is 12.2 Å². The van der Waals surface area contributed by atoms with E-state index in [1.54, 1.807) is 12.3 Å². The van der Waals surface area contributed by atoms with Crippen LogP contribution in [-0.2, 0) is 16.6 Å². The van der Waals surface area contributed by atoms with E-state index in [0.29, 0.717) is 17.5 Å². The predicted molar refractivity (Wildman–Crippen MR) is 78.0 cm³/mol. The summed E-state index contributed by atoms with van der Waals surface area (Å²) < 4.78 is 10.9. The van der Waals surface area contributed by atoms with E-state index in [1.807, 2.05) is 34.6 Å². The van der Waals surface area contributed by atoms with Gasteiger partial charge >= 0.3 is 0 Å². The summed E-state index contributed by atoms with van der Waals surface area (Å²) in [4.78, 5) is 15.9. The van der Waals surface area contributed by atoms with Gasteiger partial charge in [-0.1, -0.05) is 25.9 Å². The van der Waals surface area contributed by atoms with Crippen molar-refractivity contribution in [1.29, 1.82) is 0 Å². The van der Waals surface area contributed by atoms with E-state index >= 15 is 0 Å². The van der Waals surface area contributed by atoms with Gasteiger partial charge in [-0.25, -0.2) is 4.98 Å². The Hall–Kier alpha value is -2.11. The molecule has 0 bridgehead atoms. The van der Waals surface area contributed by atoms with Gasteiger partial charge in [-0.2, -0.15) is 0 Å².